The van der Waals surface area contributed by atoms with E-state index in [-0.39, 0.29) is 29.1 Å². The predicted octanol–water partition coefficient (Wildman–Crippen LogP) is 2.58. The van der Waals surface area contributed by atoms with Crippen molar-refractivity contribution in [1.29, 1.82) is 0 Å². The van der Waals surface area contributed by atoms with E-state index in [1.165, 1.54) is 18.9 Å². The molecular formula is C18H23FN2O. The van der Waals surface area contributed by atoms with Crippen LogP contribution in [0.1, 0.15) is 43.6 Å². The van der Waals surface area contributed by atoms with Crippen LogP contribution in [-0.4, -0.2) is 25.0 Å². The zero-order valence-electron chi connectivity index (χ0n) is 12.8. The van der Waals surface area contributed by atoms with E-state index >= 15 is 0 Å². The number of hydrogen-bond acceptors (Lipinski definition) is 2. The van der Waals surface area contributed by atoms with Crippen molar-refractivity contribution in [2.45, 2.75) is 44.1 Å². The zero-order valence-corrected chi connectivity index (χ0v) is 12.8. The second kappa shape index (κ2) is 5.34. The Morgan fingerprint density at radius 3 is 3.14 bits per heavy atom. The van der Waals surface area contributed by atoms with Gasteiger partial charge in [-0.2, -0.15) is 0 Å². The van der Waals surface area contributed by atoms with Gasteiger partial charge in [0, 0.05) is 18.5 Å². The molecule has 0 radical (unpaired) electrons. The molecule has 3 nitrogen and oxygen atoms in total. The second-order valence-corrected chi connectivity index (χ2v) is 7.21. The molecule has 1 aliphatic heterocycles. The molecule has 2 unspecified atom stereocenters. The molecule has 4 atom stereocenters. The fourth-order valence-electron chi connectivity index (χ4n) is 4.46. The summed E-state index contributed by atoms with van der Waals surface area (Å²) < 4.78 is 13.3. The molecule has 0 aromatic heterocycles. The third-order valence-corrected chi connectivity index (χ3v) is 5.87. The Morgan fingerprint density at radius 1 is 1.36 bits per heavy atom. The van der Waals surface area contributed by atoms with E-state index in [0.29, 0.717) is 5.92 Å². The van der Waals surface area contributed by atoms with Gasteiger partial charge in [0.05, 0.1) is 5.41 Å². The van der Waals surface area contributed by atoms with Gasteiger partial charge in [-0.25, -0.2) is 4.39 Å². The van der Waals surface area contributed by atoms with Crippen LogP contribution in [0.5, 0.6) is 0 Å². The molecule has 0 spiro atoms. The fraction of sp³-hybridized carbons (Fsp3) is 0.611. The summed E-state index contributed by atoms with van der Waals surface area (Å²) in [6.45, 7) is 1.80. The summed E-state index contributed by atoms with van der Waals surface area (Å²) >= 11 is 0. The Morgan fingerprint density at radius 2 is 2.27 bits per heavy atom. The number of amides is 1. The standard InChI is InChI=1S/C18H23FN2O/c19-14-6-3-4-12(8-14)15-9-16(15)21-17(22)18-7-2-1-5-13(18)10-20-11-18/h3-4,6,8,13,15-16,20H,1-2,5,7,9-11H2,(H,21,22)/t13-,15?,16?,18+/m0/s1. The number of benzene rings is 1. The van der Waals surface area contributed by atoms with Crippen LogP contribution in [0.4, 0.5) is 4.39 Å². The molecule has 3 aliphatic rings. The van der Waals surface area contributed by atoms with E-state index in [1.54, 1.807) is 12.1 Å². The van der Waals surface area contributed by atoms with Crippen molar-refractivity contribution in [3.63, 3.8) is 0 Å². The minimum absolute atomic E-state index is 0.187. The lowest BCUT2D eigenvalue weighted by molar-refractivity contribution is -0.134. The predicted molar refractivity (Wildman–Crippen MR) is 82.9 cm³/mol. The molecule has 3 fully saturated rings. The highest BCUT2D eigenvalue weighted by Crippen LogP contribution is 2.46. The molecule has 4 rings (SSSR count). The maximum Gasteiger partial charge on any atom is 0.228 e. The van der Waals surface area contributed by atoms with Gasteiger partial charge in [-0.15, -0.1) is 0 Å². The van der Waals surface area contributed by atoms with Crippen LogP contribution in [0, 0.1) is 17.2 Å². The number of nitrogens with one attached hydrogen (secondary N) is 2. The molecule has 2 N–H and O–H groups in total. The number of carbonyl (C=O) groups excluding carboxylic acids is 1. The number of hydrogen-bond donors (Lipinski definition) is 2. The van der Waals surface area contributed by atoms with Crippen molar-refractivity contribution in [3.8, 4) is 0 Å². The zero-order chi connectivity index (χ0) is 15.2. The minimum atomic E-state index is -0.194. The minimum Gasteiger partial charge on any atom is -0.352 e. The third-order valence-electron chi connectivity index (χ3n) is 5.87. The van der Waals surface area contributed by atoms with Gasteiger partial charge in [-0.05, 0) is 49.4 Å². The van der Waals surface area contributed by atoms with Crippen LogP contribution in [0.3, 0.4) is 0 Å². The maximum absolute atomic E-state index is 13.3. The number of rotatable bonds is 3. The average Bonchev–Trinajstić information content (AvgIpc) is 3.14. The summed E-state index contributed by atoms with van der Waals surface area (Å²) in [6.07, 6.45) is 5.51. The largest absolute Gasteiger partial charge is 0.352 e. The lowest BCUT2D eigenvalue weighted by atomic mass is 9.67. The quantitative estimate of drug-likeness (QED) is 0.901. The first-order valence-electron chi connectivity index (χ1n) is 8.46. The number of halogens is 1. The molecule has 2 saturated carbocycles. The first kappa shape index (κ1) is 14.2. The highest BCUT2D eigenvalue weighted by Gasteiger charge is 2.52. The maximum atomic E-state index is 13.3. The van der Waals surface area contributed by atoms with Crippen molar-refractivity contribution in [1.82, 2.24) is 10.6 Å². The smallest absolute Gasteiger partial charge is 0.228 e. The topological polar surface area (TPSA) is 41.1 Å². The van der Waals surface area contributed by atoms with Gasteiger partial charge in [-0.1, -0.05) is 25.0 Å². The summed E-state index contributed by atoms with van der Waals surface area (Å²) in [5, 5.41) is 6.67. The highest BCUT2D eigenvalue weighted by molar-refractivity contribution is 5.84. The Kier molecular flexibility index (Phi) is 3.44. The average molecular weight is 302 g/mol. The van der Waals surface area contributed by atoms with Crippen LogP contribution < -0.4 is 10.6 Å². The summed E-state index contributed by atoms with van der Waals surface area (Å²) in [5.41, 5.74) is 0.820. The van der Waals surface area contributed by atoms with Crippen LogP contribution in [0.2, 0.25) is 0 Å². The summed E-state index contributed by atoms with van der Waals surface area (Å²) in [7, 11) is 0. The Labute approximate surface area is 130 Å². The van der Waals surface area contributed by atoms with E-state index < -0.39 is 0 Å². The van der Waals surface area contributed by atoms with Gasteiger partial charge in [0.15, 0.2) is 0 Å². The summed E-state index contributed by atoms with van der Waals surface area (Å²) in [6, 6.07) is 6.95. The Hall–Kier alpha value is -1.42. The lowest BCUT2D eigenvalue weighted by Gasteiger charge is -2.37. The van der Waals surface area contributed by atoms with Crippen molar-refractivity contribution < 1.29 is 9.18 Å². The summed E-state index contributed by atoms with van der Waals surface area (Å²) in [4.78, 5) is 12.9. The van der Waals surface area contributed by atoms with E-state index in [9.17, 15) is 9.18 Å². The van der Waals surface area contributed by atoms with Gasteiger partial charge < -0.3 is 10.6 Å². The van der Waals surface area contributed by atoms with Crippen LogP contribution in [0.15, 0.2) is 24.3 Å². The van der Waals surface area contributed by atoms with Crippen molar-refractivity contribution in [3.05, 3.63) is 35.6 Å². The van der Waals surface area contributed by atoms with Gasteiger partial charge in [-0.3, -0.25) is 4.79 Å². The molecule has 0 bridgehead atoms. The monoisotopic (exact) mass is 302 g/mol. The Balaban J connectivity index is 1.43. The van der Waals surface area contributed by atoms with E-state index in [1.807, 2.05) is 6.07 Å². The van der Waals surface area contributed by atoms with Gasteiger partial charge in [0.2, 0.25) is 5.91 Å². The second-order valence-electron chi connectivity index (χ2n) is 7.21. The van der Waals surface area contributed by atoms with Crippen LogP contribution >= 0.6 is 0 Å². The van der Waals surface area contributed by atoms with Crippen molar-refractivity contribution in [2.24, 2.45) is 11.3 Å². The SMILES string of the molecule is O=C(NC1CC1c1cccc(F)c1)[C@@]12CCCC[C@H]1CNC2. The van der Waals surface area contributed by atoms with E-state index in [0.717, 1.165) is 37.9 Å². The van der Waals surface area contributed by atoms with Gasteiger partial charge in [0.25, 0.3) is 0 Å². The highest BCUT2D eigenvalue weighted by atomic mass is 19.1. The molecule has 1 saturated heterocycles. The summed E-state index contributed by atoms with van der Waals surface area (Å²) in [5.74, 6) is 0.812. The van der Waals surface area contributed by atoms with Gasteiger partial charge >= 0.3 is 0 Å². The third kappa shape index (κ3) is 2.34. The molecule has 1 aromatic carbocycles. The van der Waals surface area contributed by atoms with Crippen molar-refractivity contribution in [2.75, 3.05) is 13.1 Å². The lowest BCUT2D eigenvalue weighted by Crippen LogP contribution is -2.48. The first-order chi connectivity index (χ1) is 10.7. The first-order valence-corrected chi connectivity index (χ1v) is 8.46. The molecular weight excluding hydrogens is 279 g/mol. The van der Waals surface area contributed by atoms with E-state index in [4.69, 9.17) is 0 Å². The molecule has 2 aliphatic carbocycles. The molecule has 1 heterocycles. The van der Waals surface area contributed by atoms with E-state index in [2.05, 4.69) is 10.6 Å². The van der Waals surface area contributed by atoms with Crippen LogP contribution in [0.25, 0.3) is 0 Å². The van der Waals surface area contributed by atoms with Gasteiger partial charge in [0.1, 0.15) is 5.82 Å². The molecule has 1 amide bonds. The molecule has 22 heavy (non-hydrogen) atoms. The fourth-order valence-corrected chi connectivity index (χ4v) is 4.46. The van der Waals surface area contributed by atoms with Crippen molar-refractivity contribution >= 4 is 5.91 Å². The number of fused-ring (bicyclic) bond motifs is 1. The van der Waals surface area contributed by atoms with Crippen LogP contribution in [-0.2, 0) is 4.79 Å². The normalized spacial score (nSPS) is 36.7. The molecule has 4 heteroatoms. The molecule has 118 valence electrons. The number of carbonyl (C=O) groups is 1. The molecule has 1 aromatic rings. The Bertz CT molecular complexity index is 590.